The van der Waals surface area contributed by atoms with Gasteiger partial charge in [-0.15, -0.1) is 0 Å². The zero-order valence-electron chi connectivity index (χ0n) is 11.3. The molecule has 0 spiro atoms. The van der Waals surface area contributed by atoms with Crippen molar-refractivity contribution in [3.05, 3.63) is 0 Å². The van der Waals surface area contributed by atoms with Crippen LogP contribution in [0.3, 0.4) is 0 Å². The van der Waals surface area contributed by atoms with Gasteiger partial charge in [0.2, 0.25) is 0 Å². The van der Waals surface area contributed by atoms with Crippen LogP contribution in [-0.2, 0) is 9.59 Å². The van der Waals surface area contributed by atoms with E-state index in [4.69, 9.17) is 0 Å². The van der Waals surface area contributed by atoms with Crippen molar-refractivity contribution in [2.24, 2.45) is 11.8 Å². The molecule has 0 aromatic carbocycles. The van der Waals surface area contributed by atoms with Crippen LogP contribution in [0.1, 0.15) is 53.4 Å². The van der Waals surface area contributed by atoms with Crippen molar-refractivity contribution in [3.8, 4) is 0 Å². The van der Waals surface area contributed by atoms with Crippen LogP contribution in [0, 0.1) is 11.8 Å². The monoisotopic (exact) mass is 352 g/mol. The molecule has 0 saturated heterocycles. The molecule has 17 heavy (non-hydrogen) atoms. The average Bonchev–Trinajstić information content (AvgIpc) is 2.21. The van der Waals surface area contributed by atoms with Crippen LogP contribution in [0.15, 0.2) is 0 Å². The third-order valence-corrected chi connectivity index (χ3v) is 2.64. The summed E-state index contributed by atoms with van der Waals surface area (Å²) >= 11 is 0. The van der Waals surface area contributed by atoms with E-state index >= 15 is 0 Å². The van der Waals surface area contributed by atoms with Gasteiger partial charge in [0, 0.05) is 11.9 Å². The van der Waals surface area contributed by atoms with Crippen LogP contribution in [0.2, 0.25) is 0 Å². The van der Waals surface area contributed by atoms with E-state index in [9.17, 15) is 19.8 Å². The molecule has 0 aromatic rings. The molecule has 0 saturated carbocycles. The number of hydrogen-bond acceptors (Lipinski definition) is 4. The van der Waals surface area contributed by atoms with Crippen molar-refractivity contribution in [1.82, 2.24) is 0 Å². The fraction of sp³-hybridized carbons (Fsp3) is 0.833. The maximum atomic E-state index is 10.1. The summed E-state index contributed by atoms with van der Waals surface area (Å²) in [5, 5.41) is 20.1. The molecule has 0 radical (unpaired) electrons. The van der Waals surface area contributed by atoms with Gasteiger partial charge in [-0.3, -0.25) is 0 Å². The second-order valence-electron chi connectivity index (χ2n) is 3.66. The first-order chi connectivity index (χ1) is 7.44. The van der Waals surface area contributed by atoms with Crippen LogP contribution < -0.4 is 10.2 Å². The Bertz CT molecular complexity index is 177. The molecule has 0 amide bonds. The molecular weight excluding hydrogens is 327 g/mol. The summed E-state index contributed by atoms with van der Waals surface area (Å²) in [5.74, 6) is -2.32. The number of carbonyl (C=O) groups excluding carboxylic acids is 2. The van der Waals surface area contributed by atoms with Crippen LogP contribution in [0.5, 0.6) is 0 Å². The molecule has 0 aliphatic rings. The molecule has 0 fully saturated rings. The van der Waals surface area contributed by atoms with Crippen molar-refractivity contribution in [2.75, 3.05) is 0 Å². The molecule has 0 bridgehead atoms. The Morgan fingerprint density at radius 3 is 0.941 bits per heavy atom. The molecule has 0 unspecified atom stereocenters. The van der Waals surface area contributed by atoms with E-state index in [2.05, 4.69) is 0 Å². The SMILES string of the molecule is CCC(CC)C(=O)[O-].CCC(CC)C(=O)[O-].[SnH2+2]. The van der Waals surface area contributed by atoms with Gasteiger partial charge in [-0.25, -0.2) is 0 Å². The molecule has 100 valence electrons. The van der Waals surface area contributed by atoms with E-state index in [1.54, 1.807) is 0 Å². The predicted molar refractivity (Wildman–Crippen MR) is 66.7 cm³/mol. The van der Waals surface area contributed by atoms with Crippen LogP contribution in [0.25, 0.3) is 0 Å². The molecular formula is C12H24O4Sn. The first kappa shape index (κ1) is 22.0. The third kappa shape index (κ3) is 12.0. The van der Waals surface area contributed by atoms with Crippen molar-refractivity contribution in [1.29, 1.82) is 0 Å². The predicted octanol–water partition coefficient (Wildman–Crippen LogP) is -0.571. The zero-order valence-corrected chi connectivity index (χ0v) is 15.4. The summed E-state index contributed by atoms with van der Waals surface area (Å²) in [6.07, 6.45) is 2.72. The Balaban J connectivity index is -0.000000218. The second kappa shape index (κ2) is 13.8. The minimum absolute atomic E-state index is 0. The standard InChI is InChI=1S/2C6H12O2.Sn.2H/c2*1-3-5(4-2)6(7)8;;;/h2*5H,3-4H2,1-2H3,(H,7,8);;;/q;;+2;;/p-2. The van der Waals surface area contributed by atoms with Crippen molar-refractivity contribution in [3.63, 3.8) is 0 Å². The van der Waals surface area contributed by atoms with Crippen LogP contribution in [-0.4, -0.2) is 35.8 Å². The maximum absolute atomic E-state index is 10.1. The molecule has 0 aliphatic heterocycles. The summed E-state index contributed by atoms with van der Waals surface area (Å²) < 4.78 is 0. The quantitative estimate of drug-likeness (QED) is 0.601. The normalized spacial score (nSPS) is 9.29. The van der Waals surface area contributed by atoms with Gasteiger partial charge in [-0.1, -0.05) is 27.7 Å². The summed E-state index contributed by atoms with van der Waals surface area (Å²) in [4.78, 5) is 20.1. The Hall–Kier alpha value is -0.261. The number of rotatable bonds is 6. The Morgan fingerprint density at radius 1 is 0.765 bits per heavy atom. The first-order valence-electron chi connectivity index (χ1n) is 5.86. The summed E-state index contributed by atoms with van der Waals surface area (Å²) in [6, 6.07) is 0. The Kier molecular flexibility index (Phi) is 17.8. The van der Waals surface area contributed by atoms with Gasteiger partial charge in [0.15, 0.2) is 0 Å². The van der Waals surface area contributed by atoms with E-state index in [-0.39, 0.29) is 35.7 Å². The molecule has 0 rings (SSSR count). The molecule has 0 heterocycles. The van der Waals surface area contributed by atoms with Gasteiger partial charge in [0.05, 0.1) is 0 Å². The Morgan fingerprint density at radius 2 is 0.941 bits per heavy atom. The second-order valence-corrected chi connectivity index (χ2v) is 3.66. The summed E-state index contributed by atoms with van der Waals surface area (Å²) in [5.41, 5.74) is 0. The van der Waals surface area contributed by atoms with E-state index in [1.807, 2.05) is 27.7 Å². The molecule has 0 aromatic heterocycles. The van der Waals surface area contributed by atoms with E-state index in [0.717, 1.165) is 0 Å². The van der Waals surface area contributed by atoms with E-state index in [1.165, 1.54) is 0 Å². The van der Waals surface area contributed by atoms with Gasteiger partial charge in [0.1, 0.15) is 0 Å². The number of aliphatic carboxylic acids is 2. The third-order valence-electron chi connectivity index (χ3n) is 2.64. The van der Waals surface area contributed by atoms with Gasteiger partial charge in [0.25, 0.3) is 0 Å². The van der Waals surface area contributed by atoms with Gasteiger partial charge in [-0.2, -0.15) is 0 Å². The minimum atomic E-state index is -0.921. The summed E-state index contributed by atoms with van der Waals surface area (Å²) in [6.45, 7) is 7.40. The van der Waals surface area contributed by atoms with Gasteiger partial charge >= 0.3 is 23.9 Å². The number of carboxylic acids is 2. The summed E-state index contributed by atoms with van der Waals surface area (Å²) in [7, 11) is 0. The topological polar surface area (TPSA) is 80.3 Å². The van der Waals surface area contributed by atoms with Crippen molar-refractivity contribution < 1.29 is 19.8 Å². The average molecular weight is 351 g/mol. The molecule has 0 N–H and O–H groups in total. The Labute approximate surface area is 121 Å². The molecule has 0 atom stereocenters. The van der Waals surface area contributed by atoms with Gasteiger partial charge in [-0.05, 0) is 37.5 Å². The number of carbonyl (C=O) groups is 2. The fourth-order valence-corrected chi connectivity index (χ4v) is 1.24. The van der Waals surface area contributed by atoms with Crippen LogP contribution >= 0.6 is 0 Å². The van der Waals surface area contributed by atoms with Gasteiger partial charge < -0.3 is 19.8 Å². The van der Waals surface area contributed by atoms with Crippen LogP contribution in [0.4, 0.5) is 0 Å². The molecule has 4 nitrogen and oxygen atoms in total. The van der Waals surface area contributed by atoms with E-state index in [0.29, 0.717) is 25.7 Å². The molecule has 5 heteroatoms. The van der Waals surface area contributed by atoms with Crippen molar-refractivity contribution >= 4 is 35.8 Å². The number of carboxylic acid groups (broad SMARTS) is 2. The first-order valence-corrected chi connectivity index (χ1v) is 5.86. The zero-order chi connectivity index (χ0) is 13.1. The van der Waals surface area contributed by atoms with Crippen molar-refractivity contribution in [2.45, 2.75) is 53.4 Å². The molecule has 0 aliphatic carbocycles. The number of hydrogen-bond donors (Lipinski definition) is 0. The fourth-order valence-electron chi connectivity index (χ4n) is 1.24. The van der Waals surface area contributed by atoms with E-state index < -0.39 is 11.9 Å².